The van der Waals surface area contributed by atoms with Gasteiger partial charge in [0.1, 0.15) is 34.8 Å². The number of fused-ring (bicyclic) bond motifs is 2. The Bertz CT molecular complexity index is 1040. The molecule has 0 saturated carbocycles. The van der Waals surface area contributed by atoms with Crippen molar-refractivity contribution < 1.29 is 13.9 Å². The molecular weight excluding hydrogens is 308 g/mol. The molecule has 0 aliphatic carbocycles. The number of furan rings is 1. The van der Waals surface area contributed by atoms with E-state index in [0.717, 1.165) is 28.2 Å². The summed E-state index contributed by atoms with van der Waals surface area (Å²) in [6.07, 6.45) is 1.67. The van der Waals surface area contributed by atoms with E-state index in [9.17, 15) is 0 Å². The van der Waals surface area contributed by atoms with E-state index in [4.69, 9.17) is 13.9 Å². The molecule has 0 aliphatic rings. The van der Waals surface area contributed by atoms with Crippen LogP contribution in [0.3, 0.4) is 0 Å². The van der Waals surface area contributed by atoms with Crippen molar-refractivity contribution in [1.82, 2.24) is 14.4 Å². The fourth-order valence-corrected chi connectivity index (χ4v) is 2.72. The van der Waals surface area contributed by atoms with Gasteiger partial charge in [-0.1, -0.05) is 0 Å². The van der Waals surface area contributed by atoms with Crippen LogP contribution in [0.2, 0.25) is 0 Å². The molecule has 0 unspecified atom stereocenters. The Morgan fingerprint density at radius 1 is 1.12 bits per heavy atom. The third kappa shape index (κ3) is 2.13. The summed E-state index contributed by atoms with van der Waals surface area (Å²) in [5, 5.41) is 4.11. The number of ether oxygens (including phenoxy) is 2. The maximum absolute atomic E-state index is 5.96. The highest BCUT2D eigenvalue weighted by Gasteiger charge is 2.18. The van der Waals surface area contributed by atoms with Gasteiger partial charge in [0.2, 0.25) is 5.88 Å². The summed E-state index contributed by atoms with van der Waals surface area (Å²) < 4.78 is 18.2. The Morgan fingerprint density at radius 2 is 2.00 bits per heavy atom. The quantitative estimate of drug-likeness (QED) is 0.621. The maximum Gasteiger partial charge on any atom is 0.218 e. The molecule has 122 valence electrons. The van der Waals surface area contributed by atoms with Gasteiger partial charge in [0, 0.05) is 18.5 Å². The number of methoxy groups -OCH3 is 2. The van der Waals surface area contributed by atoms with Gasteiger partial charge in [0.25, 0.3) is 0 Å². The average molecular weight is 324 g/mol. The smallest absolute Gasteiger partial charge is 0.218 e. The Balaban J connectivity index is 1.91. The van der Waals surface area contributed by atoms with Gasteiger partial charge in [-0.05, 0) is 24.3 Å². The third-order valence-electron chi connectivity index (χ3n) is 3.89. The first-order valence-corrected chi connectivity index (χ1v) is 7.41. The Kier molecular flexibility index (Phi) is 3.26. The standard InChI is InChI=1S/C17H16N4O3/c1-18-17-16(20-14-8-15(23-3)19-9-21(14)17)13-7-10-6-11(22-2)4-5-12(10)24-13/h4-9,18H,1-3H3. The van der Waals surface area contributed by atoms with Gasteiger partial charge in [0.05, 0.1) is 14.2 Å². The number of nitrogens with zero attached hydrogens (tertiary/aromatic N) is 3. The Morgan fingerprint density at radius 3 is 2.75 bits per heavy atom. The summed E-state index contributed by atoms with van der Waals surface area (Å²) >= 11 is 0. The fraction of sp³-hybridized carbons (Fsp3) is 0.176. The molecule has 0 radical (unpaired) electrons. The number of nitrogens with one attached hydrogen (secondary N) is 1. The Hall–Kier alpha value is -3.22. The second kappa shape index (κ2) is 5.45. The summed E-state index contributed by atoms with van der Waals surface area (Å²) in [6, 6.07) is 9.41. The molecule has 4 rings (SSSR count). The zero-order chi connectivity index (χ0) is 16.7. The van der Waals surface area contributed by atoms with Crippen molar-refractivity contribution in [2.45, 2.75) is 0 Å². The largest absolute Gasteiger partial charge is 0.497 e. The van der Waals surface area contributed by atoms with Crippen molar-refractivity contribution >= 4 is 22.4 Å². The molecule has 0 amide bonds. The van der Waals surface area contributed by atoms with Gasteiger partial charge in [-0.2, -0.15) is 0 Å². The van der Waals surface area contributed by atoms with Crippen LogP contribution in [0.4, 0.5) is 5.82 Å². The van der Waals surface area contributed by atoms with Crippen LogP contribution in [-0.4, -0.2) is 35.6 Å². The van der Waals surface area contributed by atoms with Crippen LogP contribution in [0.25, 0.3) is 28.1 Å². The van der Waals surface area contributed by atoms with Crippen molar-refractivity contribution in [2.75, 3.05) is 26.6 Å². The van der Waals surface area contributed by atoms with Crippen molar-refractivity contribution in [2.24, 2.45) is 0 Å². The summed E-state index contributed by atoms with van der Waals surface area (Å²) in [6.45, 7) is 0. The molecule has 3 heterocycles. The van der Waals surface area contributed by atoms with E-state index in [-0.39, 0.29) is 0 Å². The molecule has 0 atom stereocenters. The summed E-state index contributed by atoms with van der Waals surface area (Å²) in [5.41, 5.74) is 2.21. The van der Waals surface area contributed by atoms with Gasteiger partial charge in [-0.15, -0.1) is 0 Å². The SMILES string of the molecule is CNc1c(-c2cc3cc(OC)ccc3o2)nc2cc(OC)ncn12. The maximum atomic E-state index is 5.96. The number of benzene rings is 1. The van der Waals surface area contributed by atoms with Crippen LogP contribution in [0.15, 0.2) is 41.1 Å². The fourth-order valence-electron chi connectivity index (χ4n) is 2.72. The van der Waals surface area contributed by atoms with E-state index < -0.39 is 0 Å². The molecular formula is C17H16N4O3. The van der Waals surface area contributed by atoms with Crippen molar-refractivity contribution in [3.8, 4) is 23.1 Å². The minimum atomic E-state index is 0.510. The van der Waals surface area contributed by atoms with Crippen LogP contribution < -0.4 is 14.8 Å². The molecule has 1 aromatic carbocycles. The molecule has 0 saturated heterocycles. The second-order valence-corrected chi connectivity index (χ2v) is 5.23. The van der Waals surface area contributed by atoms with Crippen molar-refractivity contribution in [3.05, 3.63) is 36.7 Å². The molecule has 3 aromatic heterocycles. The lowest BCUT2D eigenvalue weighted by atomic mass is 10.2. The highest BCUT2D eigenvalue weighted by atomic mass is 16.5. The third-order valence-corrected chi connectivity index (χ3v) is 3.89. The summed E-state index contributed by atoms with van der Waals surface area (Å²) in [4.78, 5) is 8.88. The monoisotopic (exact) mass is 324 g/mol. The van der Waals surface area contributed by atoms with E-state index in [1.807, 2.05) is 35.7 Å². The number of aromatic nitrogens is 3. The molecule has 7 heteroatoms. The first-order chi connectivity index (χ1) is 11.7. The van der Waals surface area contributed by atoms with E-state index in [0.29, 0.717) is 17.3 Å². The van der Waals surface area contributed by atoms with Gasteiger partial charge >= 0.3 is 0 Å². The normalized spacial score (nSPS) is 11.1. The van der Waals surface area contributed by atoms with E-state index >= 15 is 0 Å². The van der Waals surface area contributed by atoms with Gasteiger partial charge < -0.3 is 19.2 Å². The van der Waals surface area contributed by atoms with Crippen LogP contribution >= 0.6 is 0 Å². The predicted octanol–water partition coefficient (Wildman–Crippen LogP) is 3.20. The first kappa shape index (κ1) is 14.4. The van der Waals surface area contributed by atoms with Crippen LogP contribution in [-0.2, 0) is 0 Å². The lowest BCUT2D eigenvalue weighted by molar-refractivity contribution is 0.397. The zero-order valence-electron chi connectivity index (χ0n) is 13.5. The predicted molar refractivity (Wildman–Crippen MR) is 90.8 cm³/mol. The Labute approximate surface area is 137 Å². The lowest BCUT2D eigenvalue weighted by Gasteiger charge is -2.02. The minimum absolute atomic E-state index is 0.510. The molecule has 4 aromatic rings. The van der Waals surface area contributed by atoms with Crippen LogP contribution in [0, 0.1) is 0 Å². The van der Waals surface area contributed by atoms with Gasteiger partial charge in [0.15, 0.2) is 5.76 Å². The summed E-state index contributed by atoms with van der Waals surface area (Å²) in [5.74, 6) is 2.76. The molecule has 1 N–H and O–H groups in total. The molecule has 0 fully saturated rings. The van der Waals surface area contributed by atoms with Gasteiger partial charge in [-0.25, -0.2) is 9.97 Å². The number of hydrogen-bond donors (Lipinski definition) is 1. The summed E-state index contributed by atoms with van der Waals surface area (Å²) in [7, 11) is 5.06. The molecule has 0 aliphatic heterocycles. The zero-order valence-corrected chi connectivity index (χ0v) is 13.5. The van der Waals surface area contributed by atoms with Crippen LogP contribution in [0.1, 0.15) is 0 Å². The number of hydrogen-bond acceptors (Lipinski definition) is 6. The van der Waals surface area contributed by atoms with E-state index in [1.54, 1.807) is 26.6 Å². The number of imidazole rings is 1. The second-order valence-electron chi connectivity index (χ2n) is 5.23. The lowest BCUT2D eigenvalue weighted by Crippen LogP contribution is -1.97. The number of anilines is 1. The van der Waals surface area contributed by atoms with E-state index in [1.165, 1.54) is 0 Å². The molecule has 24 heavy (non-hydrogen) atoms. The highest BCUT2D eigenvalue weighted by Crippen LogP contribution is 2.34. The van der Waals surface area contributed by atoms with Crippen LogP contribution in [0.5, 0.6) is 11.6 Å². The van der Waals surface area contributed by atoms with E-state index in [2.05, 4.69) is 15.3 Å². The van der Waals surface area contributed by atoms with Crippen molar-refractivity contribution in [1.29, 1.82) is 0 Å². The highest BCUT2D eigenvalue weighted by molar-refractivity contribution is 5.86. The first-order valence-electron chi connectivity index (χ1n) is 7.41. The molecule has 7 nitrogen and oxygen atoms in total. The molecule has 0 bridgehead atoms. The van der Waals surface area contributed by atoms with Gasteiger partial charge in [-0.3, -0.25) is 4.40 Å². The average Bonchev–Trinajstić information content (AvgIpc) is 3.20. The minimum Gasteiger partial charge on any atom is -0.497 e. The topological polar surface area (TPSA) is 73.8 Å². The number of rotatable bonds is 4. The molecule has 0 spiro atoms. The van der Waals surface area contributed by atoms with Crippen molar-refractivity contribution in [3.63, 3.8) is 0 Å².